The Morgan fingerprint density at radius 1 is 0.414 bits per heavy atom. The van der Waals surface area contributed by atoms with Crippen molar-refractivity contribution in [3.05, 3.63) is 101 Å². The summed E-state index contributed by atoms with van der Waals surface area (Å²) in [5.74, 6) is -0.0702. The molecule has 3 aromatic carbocycles. The molecule has 0 saturated carbocycles. The number of anilines is 2. The first-order chi connectivity index (χ1) is 28.6. The van der Waals surface area contributed by atoms with E-state index < -0.39 is 0 Å². The van der Waals surface area contributed by atoms with Gasteiger partial charge in [0, 0.05) is 16.7 Å². The number of nitrogens with zero attached hydrogens (tertiary/aromatic N) is 3. The highest BCUT2D eigenvalue weighted by Gasteiger charge is 2.16. The molecular weight excluding hydrogens is 715 g/mol. The van der Waals surface area contributed by atoms with Crippen LogP contribution in [0.5, 0.6) is 0 Å². The van der Waals surface area contributed by atoms with E-state index in [1.54, 1.807) is 0 Å². The molecule has 0 aliphatic heterocycles. The summed E-state index contributed by atoms with van der Waals surface area (Å²) < 4.78 is 0. The fraction of sp³-hybridized carbons (Fsp3) is 0.549. The maximum atomic E-state index is 13.5. The van der Waals surface area contributed by atoms with Crippen LogP contribution in [0.2, 0.25) is 0 Å². The molecule has 0 aliphatic rings. The lowest BCUT2D eigenvalue weighted by Gasteiger charge is -2.11. The first-order valence-corrected chi connectivity index (χ1v) is 23.2. The third kappa shape index (κ3) is 18.9. The van der Waals surface area contributed by atoms with Crippen molar-refractivity contribution < 1.29 is 9.59 Å². The van der Waals surface area contributed by atoms with Crippen LogP contribution < -0.4 is 10.6 Å². The van der Waals surface area contributed by atoms with Gasteiger partial charge in [0.25, 0.3) is 11.8 Å². The summed E-state index contributed by atoms with van der Waals surface area (Å²) in [6.45, 7) is 4.54. The van der Waals surface area contributed by atoms with Gasteiger partial charge >= 0.3 is 0 Å². The van der Waals surface area contributed by atoms with Gasteiger partial charge in [-0.1, -0.05) is 210 Å². The molecule has 0 unspecified atom stereocenters. The van der Waals surface area contributed by atoms with Gasteiger partial charge in [-0.3, -0.25) is 20.2 Å². The van der Waals surface area contributed by atoms with Gasteiger partial charge < -0.3 is 0 Å². The molecule has 2 amide bonds. The summed E-state index contributed by atoms with van der Waals surface area (Å²) in [6.07, 6.45) is 33.5. The number of carbonyl (C=O) groups excluding carboxylic acids is 2. The summed E-state index contributed by atoms with van der Waals surface area (Å²) in [6, 6.07) is 25.1. The number of benzene rings is 3. The minimum absolute atomic E-state index is 0.0845. The quantitative estimate of drug-likeness (QED) is 0.0495. The second-order valence-electron chi connectivity index (χ2n) is 16.3. The normalized spacial score (nSPS) is 11.1. The lowest BCUT2D eigenvalue weighted by Crippen LogP contribution is -2.19. The molecule has 0 bridgehead atoms. The van der Waals surface area contributed by atoms with Crippen molar-refractivity contribution in [1.29, 1.82) is 0 Å². The monoisotopic (exact) mass is 788 g/mol. The summed E-state index contributed by atoms with van der Waals surface area (Å²) in [4.78, 5) is 40.6. The third-order valence-electron chi connectivity index (χ3n) is 11.1. The summed E-state index contributed by atoms with van der Waals surface area (Å²) in [7, 11) is 0. The predicted octanol–water partition coefficient (Wildman–Crippen LogP) is 14.5. The first-order valence-electron chi connectivity index (χ1n) is 23.2. The van der Waals surface area contributed by atoms with Gasteiger partial charge in [0.15, 0.2) is 5.82 Å². The lowest BCUT2D eigenvalue weighted by atomic mass is 10.0. The molecule has 0 radical (unpaired) electrons. The minimum atomic E-state index is -0.301. The summed E-state index contributed by atoms with van der Waals surface area (Å²) in [5.41, 5.74) is 4.15. The summed E-state index contributed by atoms with van der Waals surface area (Å²) in [5, 5.41) is 5.75. The highest BCUT2D eigenvalue weighted by molar-refractivity contribution is 6.05. The smallest absolute Gasteiger partial charge is 0.258 e. The Hall–Kier alpha value is -4.39. The number of hydrogen-bond donors (Lipinski definition) is 2. The van der Waals surface area contributed by atoms with Crippen LogP contribution in [0.15, 0.2) is 78.9 Å². The van der Waals surface area contributed by atoms with Gasteiger partial charge in [0.05, 0.1) is 0 Å². The molecule has 1 aromatic heterocycles. The van der Waals surface area contributed by atoms with Gasteiger partial charge in [-0.05, 0) is 61.1 Å². The standard InChI is InChI=1S/C51H73N5O2/c1-3-5-7-9-11-13-15-17-19-21-23-26-32-42-34-30-38-45(40-42)48(57)54-50-52-47(44-36-28-25-29-37-44)53-51(56-50)55-49(58)46-39-31-35-43(41-46)33-27-24-22-20-18-16-14-12-10-8-6-4-2/h25,28-31,34-41H,3-24,26-27,32-33H2,1-2H3,(H2,52,53,54,55,56,57,58). The largest absolute Gasteiger partial charge is 0.290 e. The van der Waals surface area contributed by atoms with E-state index in [2.05, 4.69) is 51.6 Å². The predicted molar refractivity (Wildman–Crippen MR) is 244 cm³/mol. The van der Waals surface area contributed by atoms with E-state index in [0.29, 0.717) is 17.0 Å². The number of hydrogen-bond acceptors (Lipinski definition) is 5. The van der Waals surface area contributed by atoms with Gasteiger partial charge in [0.1, 0.15) is 0 Å². The maximum Gasteiger partial charge on any atom is 0.258 e. The van der Waals surface area contributed by atoms with Crippen LogP contribution in [0.4, 0.5) is 11.9 Å². The Morgan fingerprint density at radius 3 is 1.16 bits per heavy atom. The zero-order valence-corrected chi connectivity index (χ0v) is 36.0. The number of rotatable bonds is 31. The maximum absolute atomic E-state index is 13.5. The van der Waals surface area contributed by atoms with Crippen molar-refractivity contribution in [2.45, 2.75) is 181 Å². The topological polar surface area (TPSA) is 96.9 Å². The van der Waals surface area contributed by atoms with Gasteiger partial charge in [0.2, 0.25) is 11.9 Å². The van der Waals surface area contributed by atoms with E-state index in [1.807, 2.05) is 66.7 Å². The Morgan fingerprint density at radius 2 is 0.776 bits per heavy atom. The average molecular weight is 788 g/mol. The highest BCUT2D eigenvalue weighted by Crippen LogP contribution is 2.21. The molecular formula is C51H73N5O2. The number of amides is 2. The minimum Gasteiger partial charge on any atom is -0.290 e. The van der Waals surface area contributed by atoms with Crippen LogP contribution in [0, 0.1) is 0 Å². The van der Waals surface area contributed by atoms with Crippen molar-refractivity contribution in [2.75, 3.05) is 10.6 Å². The molecule has 0 saturated heterocycles. The molecule has 1 heterocycles. The van der Waals surface area contributed by atoms with Crippen molar-refractivity contribution in [3.8, 4) is 11.4 Å². The fourth-order valence-electron chi connectivity index (χ4n) is 7.63. The van der Waals surface area contributed by atoms with Gasteiger partial charge in [-0.2, -0.15) is 15.0 Å². The SMILES string of the molecule is CCCCCCCCCCCCCCc1cccc(C(=O)Nc2nc(NC(=O)c3cccc(CCCCCCCCCCCCCC)c3)nc(-c3ccccc3)n2)c1. The average Bonchev–Trinajstić information content (AvgIpc) is 3.25. The van der Waals surface area contributed by atoms with Crippen molar-refractivity contribution in [1.82, 2.24) is 15.0 Å². The van der Waals surface area contributed by atoms with Crippen LogP contribution in [-0.4, -0.2) is 26.8 Å². The number of unbranched alkanes of at least 4 members (excludes halogenated alkanes) is 22. The van der Waals surface area contributed by atoms with Crippen LogP contribution in [0.25, 0.3) is 11.4 Å². The van der Waals surface area contributed by atoms with Crippen LogP contribution in [0.1, 0.15) is 200 Å². The zero-order valence-electron chi connectivity index (χ0n) is 36.0. The Kier molecular flexibility index (Phi) is 23.1. The molecule has 4 aromatic rings. The Bertz CT molecular complexity index is 1620. The van der Waals surface area contributed by atoms with E-state index in [0.717, 1.165) is 42.4 Å². The molecule has 2 N–H and O–H groups in total. The molecule has 314 valence electrons. The highest BCUT2D eigenvalue weighted by atomic mass is 16.2. The van der Waals surface area contributed by atoms with E-state index in [4.69, 9.17) is 0 Å². The fourth-order valence-corrected chi connectivity index (χ4v) is 7.63. The third-order valence-corrected chi connectivity index (χ3v) is 11.1. The van der Waals surface area contributed by atoms with Crippen molar-refractivity contribution >= 4 is 23.7 Å². The van der Waals surface area contributed by atoms with Crippen molar-refractivity contribution in [2.24, 2.45) is 0 Å². The van der Waals surface area contributed by atoms with E-state index in [1.165, 1.54) is 141 Å². The number of nitrogens with one attached hydrogen (secondary N) is 2. The van der Waals surface area contributed by atoms with Crippen LogP contribution >= 0.6 is 0 Å². The van der Waals surface area contributed by atoms with E-state index in [9.17, 15) is 9.59 Å². The molecule has 0 aliphatic carbocycles. The van der Waals surface area contributed by atoms with E-state index >= 15 is 0 Å². The molecule has 0 spiro atoms. The van der Waals surface area contributed by atoms with Gasteiger partial charge in [-0.25, -0.2) is 0 Å². The number of carbonyl (C=O) groups is 2. The Labute approximate surface area is 351 Å². The zero-order chi connectivity index (χ0) is 40.9. The lowest BCUT2D eigenvalue weighted by molar-refractivity contribution is 0.101. The van der Waals surface area contributed by atoms with E-state index in [-0.39, 0.29) is 23.7 Å². The number of aromatic nitrogens is 3. The molecule has 7 nitrogen and oxygen atoms in total. The first kappa shape index (κ1) is 46.3. The molecule has 7 heteroatoms. The molecule has 4 rings (SSSR count). The number of aryl methyl sites for hydroxylation is 2. The molecule has 0 fully saturated rings. The van der Waals surface area contributed by atoms with Crippen molar-refractivity contribution in [3.63, 3.8) is 0 Å². The molecule has 58 heavy (non-hydrogen) atoms. The molecule has 0 atom stereocenters. The second kappa shape index (κ2) is 28.9. The van der Waals surface area contributed by atoms with Crippen LogP contribution in [-0.2, 0) is 12.8 Å². The Balaban J connectivity index is 1.25. The second-order valence-corrected chi connectivity index (χ2v) is 16.3. The van der Waals surface area contributed by atoms with Gasteiger partial charge in [-0.15, -0.1) is 0 Å². The summed E-state index contributed by atoms with van der Waals surface area (Å²) >= 11 is 0. The van der Waals surface area contributed by atoms with Crippen LogP contribution in [0.3, 0.4) is 0 Å².